The van der Waals surface area contributed by atoms with Gasteiger partial charge in [0.25, 0.3) is 0 Å². The second kappa shape index (κ2) is 13.2. The Morgan fingerprint density at radius 1 is 0.935 bits per heavy atom. The van der Waals surface area contributed by atoms with Gasteiger partial charge in [0.15, 0.2) is 17.5 Å². The third-order valence-electron chi connectivity index (χ3n) is 5.33. The van der Waals surface area contributed by atoms with E-state index in [2.05, 4.69) is 37.6 Å². The maximum atomic E-state index is 5.37. The second-order valence-electron chi connectivity index (χ2n) is 7.39. The number of hydrogen-bond acceptors (Lipinski definition) is 5. The van der Waals surface area contributed by atoms with Gasteiger partial charge in [-0.25, -0.2) is 4.98 Å². The van der Waals surface area contributed by atoms with Crippen molar-refractivity contribution >= 4 is 35.8 Å². The van der Waals surface area contributed by atoms with Gasteiger partial charge in [0.05, 0.1) is 14.2 Å². The molecule has 170 valence electrons. The standard InChI is InChI=1S/C23H33N5O2.HI/c1-24-23(26-15-18-8-10-20(29-2)21(14-18)30-3)27-17-19-9-11-22(25-16-19)28-12-6-4-5-7-13-28;/h8-11,14,16H,4-7,12-13,15,17H2,1-3H3,(H2,24,26,27);1H. The molecular weight excluding hydrogens is 505 g/mol. The zero-order valence-electron chi connectivity index (χ0n) is 18.7. The maximum Gasteiger partial charge on any atom is 0.191 e. The van der Waals surface area contributed by atoms with Crippen molar-refractivity contribution in [3.05, 3.63) is 47.7 Å². The number of hydrogen-bond donors (Lipinski definition) is 2. The van der Waals surface area contributed by atoms with Crippen LogP contribution in [0.2, 0.25) is 0 Å². The number of benzene rings is 1. The normalized spacial score (nSPS) is 14.3. The molecule has 0 unspecified atom stereocenters. The Morgan fingerprint density at radius 2 is 1.58 bits per heavy atom. The molecule has 1 aromatic carbocycles. The molecule has 1 fully saturated rings. The van der Waals surface area contributed by atoms with Crippen molar-refractivity contribution in [1.29, 1.82) is 0 Å². The van der Waals surface area contributed by atoms with E-state index < -0.39 is 0 Å². The van der Waals surface area contributed by atoms with Crippen LogP contribution in [0.25, 0.3) is 0 Å². The van der Waals surface area contributed by atoms with Gasteiger partial charge in [-0.2, -0.15) is 0 Å². The number of nitrogens with zero attached hydrogens (tertiary/aromatic N) is 3. The van der Waals surface area contributed by atoms with Crippen LogP contribution >= 0.6 is 24.0 Å². The topological polar surface area (TPSA) is 71.0 Å². The zero-order chi connectivity index (χ0) is 21.2. The van der Waals surface area contributed by atoms with E-state index in [1.165, 1.54) is 25.7 Å². The number of pyridine rings is 1. The largest absolute Gasteiger partial charge is 0.493 e. The lowest BCUT2D eigenvalue weighted by Crippen LogP contribution is -2.36. The van der Waals surface area contributed by atoms with Crippen molar-refractivity contribution in [3.63, 3.8) is 0 Å². The molecule has 2 N–H and O–H groups in total. The predicted octanol–water partition coefficient (Wildman–Crippen LogP) is 3.96. The minimum Gasteiger partial charge on any atom is -0.493 e. The molecule has 3 rings (SSSR count). The zero-order valence-corrected chi connectivity index (χ0v) is 21.0. The highest BCUT2D eigenvalue weighted by Gasteiger charge is 2.11. The van der Waals surface area contributed by atoms with E-state index in [0.29, 0.717) is 13.1 Å². The highest BCUT2D eigenvalue weighted by Crippen LogP contribution is 2.27. The molecule has 7 nitrogen and oxygen atoms in total. The molecule has 31 heavy (non-hydrogen) atoms. The van der Waals surface area contributed by atoms with Crippen molar-refractivity contribution in [2.75, 3.05) is 39.3 Å². The van der Waals surface area contributed by atoms with Crippen LogP contribution in [0, 0.1) is 0 Å². The molecule has 0 aliphatic carbocycles. The smallest absolute Gasteiger partial charge is 0.191 e. The van der Waals surface area contributed by atoms with Crippen LogP contribution in [-0.4, -0.2) is 45.3 Å². The summed E-state index contributed by atoms with van der Waals surface area (Å²) in [5.74, 6) is 3.26. The van der Waals surface area contributed by atoms with Crippen LogP contribution in [0.3, 0.4) is 0 Å². The van der Waals surface area contributed by atoms with E-state index in [1.54, 1.807) is 21.3 Å². The van der Waals surface area contributed by atoms with Crippen molar-refractivity contribution in [2.45, 2.75) is 38.8 Å². The molecule has 0 atom stereocenters. The van der Waals surface area contributed by atoms with Gasteiger partial charge in [-0.05, 0) is 42.2 Å². The molecule has 0 bridgehead atoms. The third-order valence-corrected chi connectivity index (χ3v) is 5.33. The first-order valence-electron chi connectivity index (χ1n) is 10.6. The van der Waals surface area contributed by atoms with Crippen molar-refractivity contribution in [1.82, 2.24) is 15.6 Å². The summed E-state index contributed by atoms with van der Waals surface area (Å²) in [4.78, 5) is 11.4. The van der Waals surface area contributed by atoms with Gasteiger partial charge in [0.2, 0.25) is 0 Å². The summed E-state index contributed by atoms with van der Waals surface area (Å²) in [7, 11) is 5.04. The molecule has 8 heteroatoms. The van der Waals surface area contributed by atoms with Gasteiger partial charge in [0, 0.05) is 39.4 Å². The van der Waals surface area contributed by atoms with Gasteiger partial charge < -0.3 is 25.0 Å². The maximum absolute atomic E-state index is 5.37. The van der Waals surface area contributed by atoms with Gasteiger partial charge in [-0.3, -0.25) is 4.99 Å². The Bertz CT molecular complexity index is 821. The lowest BCUT2D eigenvalue weighted by molar-refractivity contribution is 0.354. The van der Waals surface area contributed by atoms with E-state index >= 15 is 0 Å². The lowest BCUT2D eigenvalue weighted by Gasteiger charge is -2.21. The van der Waals surface area contributed by atoms with Gasteiger partial charge in [-0.15, -0.1) is 24.0 Å². The summed E-state index contributed by atoms with van der Waals surface area (Å²) < 4.78 is 10.7. The Labute approximate surface area is 202 Å². The van der Waals surface area contributed by atoms with Crippen molar-refractivity contribution in [2.24, 2.45) is 4.99 Å². The molecule has 2 aromatic rings. The summed E-state index contributed by atoms with van der Waals surface area (Å²) in [5, 5.41) is 6.67. The Hall–Kier alpha value is -2.23. The highest BCUT2D eigenvalue weighted by atomic mass is 127. The first-order valence-corrected chi connectivity index (χ1v) is 10.6. The van der Waals surface area contributed by atoms with Gasteiger partial charge in [-0.1, -0.05) is 25.0 Å². The molecule has 0 amide bonds. The highest BCUT2D eigenvalue weighted by molar-refractivity contribution is 14.0. The van der Waals surface area contributed by atoms with Crippen LogP contribution in [0.5, 0.6) is 11.5 Å². The van der Waals surface area contributed by atoms with E-state index in [0.717, 1.165) is 47.5 Å². The fourth-order valence-electron chi connectivity index (χ4n) is 3.59. The van der Waals surface area contributed by atoms with E-state index in [4.69, 9.17) is 9.47 Å². The van der Waals surface area contributed by atoms with Crippen molar-refractivity contribution < 1.29 is 9.47 Å². The summed E-state index contributed by atoms with van der Waals surface area (Å²) in [6.07, 6.45) is 7.12. The molecule has 1 aliphatic rings. The van der Waals surface area contributed by atoms with E-state index in [1.807, 2.05) is 24.4 Å². The Balaban J connectivity index is 0.00000341. The average molecular weight is 539 g/mol. The Kier molecular flexibility index (Phi) is 10.7. The van der Waals surface area contributed by atoms with Gasteiger partial charge >= 0.3 is 0 Å². The minimum absolute atomic E-state index is 0. The van der Waals surface area contributed by atoms with Crippen LogP contribution in [0.1, 0.15) is 36.8 Å². The van der Waals surface area contributed by atoms with Gasteiger partial charge in [0.1, 0.15) is 5.82 Å². The molecule has 0 saturated carbocycles. The monoisotopic (exact) mass is 539 g/mol. The number of nitrogens with one attached hydrogen (secondary N) is 2. The quantitative estimate of drug-likeness (QED) is 0.316. The molecule has 2 heterocycles. The first-order chi connectivity index (χ1) is 14.7. The molecule has 1 aromatic heterocycles. The van der Waals surface area contributed by atoms with Crippen molar-refractivity contribution in [3.8, 4) is 11.5 Å². The number of ether oxygens (including phenoxy) is 2. The fourth-order valence-corrected chi connectivity index (χ4v) is 3.59. The van der Waals surface area contributed by atoms with Crippen LogP contribution in [0.4, 0.5) is 5.82 Å². The predicted molar refractivity (Wildman–Crippen MR) is 137 cm³/mol. The number of methoxy groups -OCH3 is 2. The van der Waals surface area contributed by atoms with Crippen LogP contribution in [0.15, 0.2) is 41.5 Å². The fraction of sp³-hybridized carbons (Fsp3) is 0.478. The second-order valence-corrected chi connectivity index (χ2v) is 7.39. The molecule has 1 aliphatic heterocycles. The summed E-state index contributed by atoms with van der Waals surface area (Å²) >= 11 is 0. The number of aliphatic imine (C=N–C) groups is 1. The number of guanidine groups is 1. The van der Waals surface area contributed by atoms with Crippen LogP contribution < -0.4 is 25.0 Å². The average Bonchev–Trinajstić information content (AvgIpc) is 3.09. The van der Waals surface area contributed by atoms with Crippen LogP contribution in [-0.2, 0) is 13.1 Å². The Morgan fingerprint density at radius 3 is 2.16 bits per heavy atom. The minimum atomic E-state index is 0. The summed E-state index contributed by atoms with van der Waals surface area (Å²) in [5.41, 5.74) is 2.21. The summed E-state index contributed by atoms with van der Waals surface area (Å²) in [6, 6.07) is 10.1. The summed E-state index contributed by atoms with van der Waals surface area (Å²) in [6.45, 7) is 3.51. The SMILES string of the molecule is CN=C(NCc1ccc(N2CCCCCC2)nc1)NCc1ccc(OC)c(OC)c1.I. The first kappa shape index (κ1) is 25.0. The number of anilines is 1. The molecule has 1 saturated heterocycles. The number of rotatable bonds is 7. The molecule has 0 spiro atoms. The molecular formula is C23H34IN5O2. The number of aromatic nitrogens is 1. The lowest BCUT2D eigenvalue weighted by atomic mass is 10.2. The third kappa shape index (κ3) is 7.45. The van der Waals surface area contributed by atoms with E-state index in [9.17, 15) is 0 Å². The number of halogens is 1. The van der Waals surface area contributed by atoms with E-state index in [-0.39, 0.29) is 24.0 Å². The molecule has 0 radical (unpaired) electrons.